The fraction of sp³-hybridized carbons (Fsp3) is 0.962. The van der Waals surface area contributed by atoms with E-state index >= 15 is 0 Å². The Morgan fingerprint density at radius 3 is 1.33 bits per heavy atom. The number of aliphatic carboxylic acids is 1. The van der Waals surface area contributed by atoms with Crippen LogP contribution in [0.2, 0.25) is 0 Å². The summed E-state index contributed by atoms with van der Waals surface area (Å²) in [6, 6.07) is 0.166. The molecule has 3 nitrogen and oxygen atoms in total. The average Bonchev–Trinajstić information content (AvgIpc) is 2.69. The monoisotopic (exact) mass is 449 g/mol. The predicted octanol–water partition coefficient (Wildman–Crippen LogP) is 3.88. The van der Waals surface area contributed by atoms with Crippen LogP contribution in [0.4, 0.5) is 0 Å². The van der Waals surface area contributed by atoms with E-state index in [2.05, 4.69) is 25.7 Å². The second-order valence-electron chi connectivity index (χ2n) is 9.00. The van der Waals surface area contributed by atoms with Gasteiger partial charge in [0.05, 0.1) is 0 Å². The first-order valence-corrected chi connectivity index (χ1v) is 13.1. The molecule has 0 spiro atoms. The van der Waals surface area contributed by atoms with Crippen molar-refractivity contribution in [3.8, 4) is 0 Å². The summed E-state index contributed by atoms with van der Waals surface area (Å²) in [7, 11) is 0. The van der Waals surface area contributed by atoms with Crippen molar-refractivity contribution in [2.45, 2.75) is 149 Å². The van der Waals surface area contributed by atoms with Gasteiger partial charge in [0, 0.05) is 18.4 Å². The number of carbonyl (C=O) groups excluding carboxylic acids is 1. The van der Waals surface area contributed by atoms with Crippen LogP contribution in [0.25, 0.3) is 0 Å². The van der Waals surface area contributed by atoms with E-state index in [9.17, 15) is 9.90 Å². The van der Waals surface area contributed by atoms with Crippen LogP contribution < -0.4 is 56.5 Å². The van der Waals surface area contributed by atoms with Crippen LogP contribution in [0.5, 0.6) is 0 Å². The van der Waals surface area contributed by atoms with E-state index in [1.165, 1.54) is 103 Å². The SMILES string of the molecule is CCCCCCCCCCN(CCCCCCCCCC)C(CCC)CC(=O)[O-].[K+]. The van der Waals surface area contributed by atoms with Crippen LogP contribution in [0.15, 0.2) is 0 Å². The van der Waals surface area contributed by atoms with Crippen LogP contribution in [0.3, 0.4) is 0 Å². The predicted molar refractivity (Wildman–Crippen MR) is 125 cm³/mol. The minimum absolute atomic E-state index is 0. The molecular formula is C26H52KNO2. The third-order valence-electron chi connectivity index (χ3n) is 6.14. The molecule has 0 aromatic rings. The molecule has 30 heavy (non-hydrogen) atoms. The van der Waals surface area contributed by atoms with Gasteiger partial charge in [0.1, 0.15) is 0 Å². The van der Waals surface area contributed by atoms with E-state index < -0.39 is 5.97 Å². The Morgan fingerprint density at radius 2 is 1.00 bits per heavy atom. The number of unbranched alkanes of at least 4 members (excludes halogenated alkanes) is 14. The maximum Gasteiger partial charge on any atom is 1.00 e. The number of carboxylic acid groups (broad SMARTS) is 1. The molecule has 0 rings (SSSR count). The molecule has 0 aliphatic carbocycles. The van der Waals surface area contributed by atoms with Crippen molar-refractivity contribution >= 4 is 5.97 Å². The Balaban J connectivity index is 0. The molecule has 0 saturated heterocycles. The second-order valence-corrected chi connectivity index (χ2v) is 9.00. The molecule has 0 bridgehead atoms. The molecule has 0 N–H and O–H groups in total. The van der Waals surface area contributed by atoms with Crippen molar-refractivity contribution in [2.24, 2.45) is 0 Å². The van der Waals surface area contributed by atoms with Gasteiger partial charge in [0.15, 0.2) is 0 Å². The largest absolute Gasteiger partial charge is 1.00 e. The molecule has 0 aliphatic rings. The van der Waals surface area contributed by atoms with Gasteiger partial charge in [-0.25, -0.2) is 0 Å². The van der Waals surface area contributed by atoms with E-state index in [0.29, 0.717) is 0 Å². The molecular weight excluding hydrogens is 397 g/mol. The Bertz CT molecular complexity index is 332. The van der Waals surface area contributed by atoms with E-state index in [0.717, 1.165) is 25.9 Å². The average molecular weight is 450 g/mol. The van der Waals surface area contributed by atoms with E-state index in [1.54, 1.807) is 0 Å². The Kier molecular flexibility index (Phi) is 29.2. The number of carboxylic acids is 1. The summed E-state index contributed by atoms with van der Waals surface area (Å²) >= 11 is 0. The van der Waals surface area contributed by atoms with Crippen LogP contribution >= 0.6 is 0 Å². The maximum atomic E-state index is 11.3. The summed E-state index contributed by atoms with van der Waals surface area (Å²) < 4.78 is 0. The minimum Gasteiger partial charge on any atom is -0.550 e. The fourth-order valence-corrected chi connectivity index (χ4v) is 4.31. The first kappa shape index (κ1) is 33.2. The molecule has 0 aromatic carbocycles. The van der Waals surface area contributed by atoms with Gasteiger partial charge in [-0.05, 0) is 32.4 Å². The fourth-order valence-electron chi connectivity index (χ4n) is 4.31. The zero-order valence-corrected chi connectivity index (χ0v) is 24.3. The van der Waals surface area contributed by atoms with Crippen molar-refractivity contribution in [1.82, 2.24) is 4.90 Å². The Labute approximate surface area is 232 Å². The first-order chi connectivity index (χ1) is 14.2. The smallest absolute Gasteiger partial charge is 0.550 e. The Morgan fingerprint density at radius 1 is 0.633 bits per heavy atom. The quantitative estimate of drug-likeness (QED) is 0.176. The second kappa shape index (κ2) is 26.3. The van der Waals surface area contributed by atoms with Crippen molar-refractivity contribution < 1.29 is 61.3 Å². The molecule has 0 radical (unpaired) electrons. The van der Waals surface area contributed by atoms with Gasteiger partial charge in [0.2, 0.25) is 0 Å². The summed E-state index contributed by atoms with van der Waals surface area (Å²) in [5.41, 5.74) is 0. The van der Waals surface area contributed by atoms with Gasteiger partial charge in [-0.3, -0.25) is 0 Å². The van der Waals surface area contributed by atoms with Crippen LogP contribution in [-0.2, 0) is 4.79 Å². The summed E-state index contributed by atoms with van der Waals surface area (Å²) in [5.74, 6) is -0.889. The number of carbonyl (C=O) groups is 1. The topological polar surface area (TPSA) is 43.4 Å². The summed E-state index contributed by atoms with van der Waals surface area (Å²) in [4.78, 5) is 13.7. The number of hydrogen-bond donors (Lipinski definition) is 0. The summed E-state index contributed by atoms with van der Waals surface area (Å²) in [6.45, 7) is 8.81. The standard InChI is InChI=1S/C26H53NO2.K/c1-4-7-9-11-13-15-17-19-22-27(25(21-6-3)24-26(28)29)23-20-18-16-14-12-10-8-5-2;/h25H,4-24H2,1-3H3,(H,28,29);/q;+1/p-1. The molecule has 0 heterocycles. The molecule has 0 aromatic heterocycles. The molecule has 4 heteroatoms. The number of hydrogen-bond acceptors (Lipinski definition) is 3. The van der Waals surface area contributed by atoms with E-state index in [4.69, 9.17) is 0 Å². The molecule has 0 fully saturated rings. The maximum absolute atomic E-state index is 11.3. The van der Waals surface area contributed by atoms with Crippen molar-refractivity contribution in [3.63, 3.8) is 0 Å². The third kappa shape index (κ3) is 22.3. The molecule has 0 amide bonds. The summed E-state index contributed by atoms with van der Waals surface area (Å²) in [5, 5.41) is 11.3. The van der Waals surface area contributed by atoms with Gasteiger partial charge in [-0.1, -0.05) is 117 Å². The van der Waals surface area contributed by atoms with Crippen LogP contribution in [0, 0.1) is 0 Å². The summed E-state index contributed by atoms with van der Waals surface area (Å²) in [6.07, 6.45) is 23.4. The van der Waals surface area contributed by atoms with Gasteiger partial charge < -0.3 is 14.8 Å². The van der Waals surface area contributed by atoms with Crippen molar-refractivity contribution in [3.05, 3.63) is 0 Å². The third-order valence-corrected chi connectivity index (χ3v) is 6.14. The normalized spacial score (nSPS) is 12.1. The van der Waals surface area contributed by atoms with Gasteiger partial charge in [-0.2, -0.15) is 0 Å². The van der Waals surface area contributed by atoms with Crippen LogP contribution in [0.1, 0.15) is 143 Å². The molecule has 1 unspecified atom stereocenters. The van der Waals surface area contributed by atoms with E-state index in [1.807, 2.05) is 0 Å². The van der Waals surface area contributed by atoms with Gasteiger partial charge in [0.25, 0.3) is 0 Å². The van der Waals surface area contributed by atoms with Gasteiger partial charge >= 0.3 is 51.4 Å². The Hall–Kier alpha value is 1.07. The molecule has 1 atom stereocenters. The van der Waals surface area contributed by atoms with Crippen molar-refractivity contribution in [1.29, 1.82) is 0 Å². The minimum atomic E-state index is -0.889. The number of rotatable bonds is 23. The van der Waals surface area contributed by atoms with E-state index in [-0.39, 0.29) is 63.8 Å². The van der Waals surface area contributed by atoms with Crippen molar-refractivity contribution in [2.75, 3.05) is 13.1 Å². The molecule has 174 valence electrons. The zero-order chi connectivity index (χ0) is 21.6. The number of nitrogens with zero attached hydrogens (tertiary/aromatic N) is 1. The molecule has 0 saturated carbocycles. The first-order valence-electron chi connectivity index (χ1n) is 13.1. The zero-order valence-electron chi connectivity index (χ0n) is 21.2. The molecule has 0 aliphatic heterocycles. The van der Waals surface area contributed by atoms with Gasteiger partial charge in [-0.15, -0.1) is 0 Å². The van der Waals surface area contributed by atoms with Crippen LogP contribution in [-0.4, -0.2) is 30.0 Å².